The van der Waals surface area contributed by atoms with E-state index in [4.69, 9.17) is 4.74 Å². The van der Waals surface area contributed by atoms with Gasteiger partial charge in [-0.2, -0.15) is 0 Å². The monoisotopic (exact) mass is 256 g/mol. The smallest absolute Gasteiger partial charge is 0.345 e. The van der Waals surface area contributed by atoms with E-state index in [0.717, 1.165) is 11.1 Å². The second-order valence-corrected chi connectivity index (χ2v) is 4.45. The minimum absolute atomic E-state index is 0.352. The molecule has 0 spiro atoms. The summed E-state index contributed by atoms with van der Waals surface area (Å²) in [6.45, 7) is 2.00. The fourth-order valence-corrected chi connectivity index (χ4v) is 1.78. The van der Waals surface area contributed by atoms with E-state index in [2.05, 4.69) is 0 Å². The van der Waals surface area contributed by atoms with Crippen molar-refractivity contribution in [2.24, 2.45) is 0 Å². The number of benzene rings is 2. The first kappa shape index (κ1) is 13.1. The molecule has 0 saturated heterocycles. The summed E-state index contributed by atoms with van der Waals surface area (Å²) in [5.74, 6) is -0.383. The molecule has 0 radical (unpaired) electrons. The van der Waals surface area contributed by atoms with Gasteiger partial charge in [0.2, 0.25) is 0 Å². The van der Waals surface area contributed by atoms with Gasteiger partial charge in [0.15, 0.2) is 6.10 Å². The summed E-state index contributed by atoms with van der Waals surface area (Å²) < 4.78 is 5.51. The van der Waals surface area contributed by atoms with Crippen LogP contribution < -0.4 is 4.74 Å². The predicted octanol–water partition coefficient (Wildman–Crippen LogP) is 3.07. The Hall–Kier alpha value is -2.29. The average molecular weight is 256 g/mol. The Kier molecular flexibility index (Phi) is 4.18. The Labute approximate surface area is 112 Å². The van der Waals surface area contributed by atoms with Crippen molar-refractivity contribution in [1.82, 2.24) is 0 Å². The summed E-state index contributed by atoms with van der Waals surface area (Å²) in [6.07, 6.45) is -0.519. The lowest BCUT2D eigenvalue weighted by Crippen LogP contribution is -2.29. The summed E-state index contributed by atoms with van der Waals surface area (Å²) in [7, 11) is 0. The van der Waals surface area contributed by atoms with Crippen molar-refractivity contribution in [3.8, 4) is 5.75 Å². The molecule has 3 heteroatoms. The molecule has 0 aliphatic carbocycles. The SMILES string of the molecule is Cc1ccc(CC(Oc2ccccc2)C(=O)O)cc1. The molecule has 0 amide bonds. The number of hydrogen-bond acceptors (Lipinski definition) is 2. The molecule has 1 N–H and O–H groups in total. The molecule has 0 aliphatic rings. The molecule has 2 aromatic rings. The van der Waals surface area contributed by atoms with E-state index in [9.17, 15) is 9.90 Å². The van der Waals surface area contributed by atoms with Gasteiger partial charge in [0.1, 0.15) is 5.75 Å². The summed E-state index contributed by atoms with van der Waals surface area (Å²) in [6, 6.07) is 16.8. The Morgan fingerprint density at radius 1 is 1.11 bits per heavy atom. The topological polar surface area (TPSA) is 46.5 Å². The molecule has 2 rings (SSSR count). The molecule has 3 nitrogen and oxygen atoms in total. The minimum Gasteiger partial charge on any atom is -0.478 e. The zero-order valence-corrected chi connectivity index (χ0v) is 10.7. The van der Waals surface area contributed by atoms with Crippen LogP contribution in [0.4, 0.5) is 0 Å². The third-order valence-electron chi connectivity index (χ3n) is 2.84. The van der Waals surface area contributed by atoms with Gasteiger partial charge in [-0.1, -0.05) is 48.0 Å². The number of carboxylic acid groups (broad SMARTS) is 1. The van der Waals surface area contributed by atoms with Gasteiger partial charge < -0.3 is 9.84 Å². The quantitative estimate of drug-likeness (QED) is 0.894. The highest BCUT2D eigenvalue weighted by atomic mass is 16.5. The Morgan fingerprint density at radius 3 is 2.32 bits per heavy atom. The fraction of sp³-hybridized carbons (Fsp3) is 0.188. The molecule has 0 heterocycles. The highest BCUT2D eigenvalue weighted by Gasteiger charge is 2.19. The Morgan fingerprint density at radius 2 is 1.74 bits per heavy atom. The first-order valence-electron chi connectivity index (χ1n) is 6.15. The van der Waals surface area contributed by atoms with Crippen LogP contribution in [0.25, 0.3) is 0 Å². The average Bonchev–Trinajstić information content (AvgIpc) is 2.41. The highest BCUT2D eigenvalue weighted by Crippen LogP contribution is 2.14. The molecule has 0 fully saturated rings. The van der Waals surface area contributed by atoms with Gasteiger partial charge in [0, 0.05) is 6.42 Å². The zero-order valence-electron chi connectivity index (χ0n) is 10.7. The Balaban J connectivity index is 2.08. The number of rotatable bonds is 5. The summed E-state index contributed by atoms with van der Waals surface area (Å²) in [4.78, 5) is 11.3. The van der Waals surface area contributed by atoms with Crippen molar-refractivity contribution >= 4 is 5.97 Å². The standard InChI is InChI=1S/C16H16O3/c1-12-7-9-13(10-8-12)11-15(16(17)18)19-14-5-3-2-4-6-14/h2-10,15H,11H2,1H3,(H,17,18). The second-order valence-electron chi connectivity index (χ2n) is 4.45. The molecule has 2 aromatic carbocycles. The maximum Gasteiger partial charge on any atom is 0.345 e. The number of aryl methyl sites for hydroxylation is 1. The lowest BCUT2D eigenvalue weighted by atomic mass is 10.1. The first-order chi connectivity index (χ1) is 9.15. The van der Waals surface area contributed by atoms with Crippen molar-refractivity contribution < 1.29 is 14.6 Å². The van der Waals surface area contributed by atoms with Gasteiger partial charge in [-0.05, 0) is 24.6 Å². The fourth-order valence-electron chi connectivity index (χ4n) is 1.78. The number of para-hydroxylation sites is 1. The minimum atomic E-state index is -0.954. The van der Waals surface area contributed by atoms with Crippen LogP contribution in [0.5, 0.6) is 5.75 Å². The molecule has 19 heavy (non-hydrogen) atoms. The van der Waals surface area contributed by atoms with E-state index < -0.39 is 12.1 Å². The molecular formula is C16H16O3. The van der Waals surface area contributed by atoms with Gasteiger partial charge >= 0.3 is 5.97 Å². The highest BCUT2D eigenvalue weighted by molar-refractivity contribution is 5.73. The van der Waals surface area contributed by atoms with E-state index in [1.165, 1.54) is 0 Å². The second kappa shape index (κ2) is 6.05. The van der Waals surface area contributed by atoms with Crippen molar-refractivity contribution in [1.29, 1.82) is 0 Å². The van der Waals surface area contributed by atoms with E-state index in [1.807, 2.05) is 49.4 Å². The largest absolute Gasteiger partial charge is 0.478 e. The van der Waals surface area contributed by atoms with Crippen LogP contribution in [-0.2, 0) is 11.2 Å². The number of hydrogen-bond donors (Lipinski definition) is 1. The van der Waals surface area contributed by atoms with Gasteiger partial charge in [-0.25, -0.2) is 4.79 Å². The predicted molar refractivity (Wildman–Crippen MR) is 73.4 cm³/mol. The lowest BCUT2D eigenvalue weighted by molar-refractivity contribution is -0.145. The van der Waals surface area contributed by atoms with Crippen LogP contribution in [0.3, 0.4) is 0 Å². The molecule has 0 bridgehead atoms. The molecule has 0 saturated carbocycles. The van der Waals surface area contributed by atoms with Crippen molar-refractivity contribution in [2.45, 2.75) is 19.4 Å². The normalized spacial score (nSPS) is 11.8. The molecule has 1 unspecified atom stereocenters. The van der Waals surface area contributed by atoms with Gasteiger partial charge in [0.25, 0.3) is 0 Å². The number of carboxylic acids is 1. The van der Waals surface area contributed by atoms with E-state index in [-0.39, 0.29) is 0 Å². The van der Waals surface area contributed by atoms with E-state index in [0.29, 0.717) is 12.2 Å². The van der Waals surface area contributed by atoms with Crippen LogP contribution >= 0.6 is 0 Å². The van der Waals surface area contributed by atoms with Crippen LogP contribution in [-0.4, -0.2) is 17.2 Å². The van der Waals surface area contributed by atoms with Crippen molar-refractivity contribution in [3.05, 3.63) is 65.7 Å². The molecular weight excluding hydrogens is 240 g/mol. The van der Waals surface area contributed by atoms with Crippen LogP contribution in [0.1, 0.15) is 11.1 Å². The van der Waals surface area contributed by atoms with Crippen molar-refractivity contribution in [3.63, 3.8) is 0 Å². The number of aliphatic carboxylic acids is 1. The summed E-state index contributed by atoms with van der Waals surface area (Å²) in [5, 5.41) is 9.23. The molecule has 0 aromatic heterocycles. The molecule has 0 aliphatic heterocycles. The summed E-state index contributed by atoms with van der Waals surface area (Å²) in [5.41, 5.74) is 2.11. The van der Waals surface area contributed by atoms with Gasteiger partial charge in [-0.3, -0.25) is 0 Å². The van der Waals surface area contributed by atoms with Crippen LogP contribution in [0, 0.1) is 6.92 Å². The number of ether oxygens (including phenoxy) is 1. The lowest BCUT2D eigenvalue weighted by Gasteiger charge is -2.15. The van der Waals surface area contributed by atoms with E-state index in [1.54, 1.807) is 12.1 Å². The zero-order chi connectivity index (χ0) is 13.7. The van der Waals surface area contributed by atoms with Crippen LogP contribution in [0.15, 0.2) is 54.6 Å². The van der Waals surface area contributed by atoms with Crippen molar-refractivity contribution in [2.75, 3.05) is 0 Å². The maximum atomic E-state index is 11.3. The van der Waals surface area contributed by atoms with Crippen LogP contribution in [0.2, 0.25) is 0 Å². The molecule has 98 valence electrons. The van der Waals surface area contributed by atoms with Gasteiger partial charge in [-0.15, -0.1) is 0 Å². The third-order valence-corrected chi connectivity index (χ3v) is 2.84. The third kappa shape index (κ3) is 3.85. The Bertz CT molecular complexity index is 532. The molecule has 1 atom stereocenters. The van der Waals surface area contributed by atoms with Gasteiger partial charge in [0.05, 0.1) is 0 Å². The first-order valence-corrected chi connectivity index (χ1v) is 6.15. The summed E-state index contributed by atoms with van der Waals surface area (Å²) >= 11 is 0. The number of carbonyl (C=O) groups is 1. The maximum absolute atomic E-state index is 11.3. The van der Waals surface area contributed by atoms with E-state index >= 15 is 0 Å².